The van der Waals surface area contributed by atoms with Gasteiger partial charge in [-0.3, -0.25) is 0 Å². The van der Waals surface area contributed by atoms with Gasteiger partial charge in [-0.1, -0.05) is 11.6 Å². The smallest absolute Gasteiger partial charge is 0.341 e. The second-order valence-corrected chi connectivity index (χ2v) is 3.64. The van der Waals surface area contributed by atoms with Crippen molar-refractivity contribution < 1.29 is 19.0 Å². The van der Waals surface area contributed by atoms with E-state index < -0.39 is 18.4 Å². The number of hydrogen-bond donors (Lipinski definition) is 1. The third-order valence-corrected chi connectivity index (χ3v) is 2.24. The quantitative estimate of drug-likeness (QED) is 0.868. The number of rotatable bonds is 3. The van der Waals surface area contributed by atoms with Gasteiger partial charge in [0.05, 0.1) is 9.50 Å². The number of halogens is 3. The lowest BCUT2D eigenvalue weighted by Crippen LogP contribution is -2.09. The van der Waals surface area contributed by atoms with Gasteiger partial charge in [-0.15, -0.1) is 0 Å². The first-order valence-corrected chi connectivity index (χ1v) is 4.67. The van der Waals surface area contributed by atoms with E-state index in [2.05, 4.69) is 15.9 Å². The van der Waals surface area contributed by atoms with Gasteiger partial charge in [0.15, 0.2) is 6.61 Å². The van der Waals surface area contributed by atoms with Gasteiger partial charge in [0, 0.05) is 6.07 Å². The summed E-state index contributed by atoms with van der Waals surface area (Å²) in [6.07, 6.45) is 0. The van der Waals surface area contributed by atoms with Gasteiger partial charge in [-0.05, 0) is 22.0 Å². The molecule has 0 radical (unpaired) electrons. The molecule has 0 saturated carbocycles. The first-order chi connectivity index (χ1) is 6.50. The predicted molar refractivity (Wildman–Crippen MR) is 52.2 cm³/mol. The Bertz CT molecular complexity index is 370. The molecule has 1 N–H and O–H groups in total. The average molecular weight is 283 g/mol. The predicted octanol–water partition coefficient (Wildman–Crippen LogP) is 2.71. The lowest BCUT2D eigenvalue weighted by Gasteiger charge is -2.06. The van der Waals surface area contributed by atoms with Crippen LogP contribution < -0.4 is 4.74 Å². The zero-order valence-corrected chi connectivity index (χ0v) is 9.10. The van der Waals surface area contributed by atoms with Crippen molar-refractivity contribution in [3.63, 3.8) is 0 Å². The minimum absolute atomic E-state index is 0.0560. The molecule has 0 aliphatic heterocycles. The Morgan fingerprint density at radius 2 is 2.29 bits per heavy atom. The normalized spacial score (nSPS) is 9.93. The summed E-state index contributed by atoms with van der Waals surface area (Å²) in [5.41, 5.74) is 0. The van der Waals surface area contributed by atoms with E-state index in [1.807, 2.05) is 0 Å². The molecule has 1 aromatic rings. The Morgan fingerprint density at radius 3 is 2.86 bits per heavy atom. The lowest BCUT2D eigenvalue weighted by atomic mass is 10.3. The third kappa shape index (κ3) is 2.85. The molecule has 1 aromatic carbocycles. The van der Waals surface area contributed by atoms with Gasteiger partial charge >= 0.3 is 5.97 Å². The molecule has 0 unspecified atom stereocenters. The number of carbonyl (C=O) groups is 1. The minimum atomic E-state index is -1.13. The van der Waals surface area contributed by atoms with Crippen molar-refractivity contribution in [2.24, 2.45) is 0 Å². The van der Waals surface area contributed by atoms with Crippen molar-refractivity contribution in [3.05, 3.63) is 27.4 Å². The first-order valence-electron chi connectivity index (χ1n) is 3.50. The van der Waals surface area contributed by atoms with Gasteiger partial charge in [-0.2, -0.15) is 0 Å². The highest BCUT2D eigenvalue weighted by Gasteiger charge is 2.08. The second-order valence-electron chi connectivity index (χ2n) is 2.38. The molecule has 0 fully saturated rings. The number of hydrogen-bond acceptors (Lipinski definition) is 2. The van der Waals surface area contributed by atoms with Crippen LogP contribution in [-0.4, -0.2) is 17.7 Å². The Morgan fingerprint density at radius 1 is 1.64 bits per heavy atom. The fourth-order valence-electron chi connectivity index (χ4n) is 0.754. The number of carboxylic acids is 1. The zero-order valence-electron chi connectivity index (χ0n) is 6.76. The second kappa shape index (κ2) is 4.61. The van der Waals surface area contributed by atoms with E-state index in [1.54, 1.807) is 0 Å². The van der Waals surface area contributed by atoms with Crippen LogP contribution in [-0.2, 0) is 4.79 Å². The molecule has 0 bridgehead atoms. The van der Waals surface area contributed by atoms with Gasteiger partial charge in [0.2, 0.25) is 0 Å². The molecule has 14 heavy (non-hydrogen) atoms. The van der Waals surface area contributed by atoms with Crippen LogP contribution in [0.3, 0.4) is 0 Å². The molecule has 0 spiro atoms. The summed E-state index contributed by atoms with van der Waals surface area (Å²) >= 11 is 8.53. The summed E-state index contributed by atoms with van der Waals surface area (Å²) < 4.78 is 18.1. The summed E-state index contributed by atoms with van der Waals surface area (Å²) in [5.74, 6) is -1.68. The van der Waals surface area contributed by atoms with E-state index in [4.69, 9.17) is 21.4 Å². The summed E-state index contributed by atoms with van der Waals surface area (Å²) in [6, 6.07) is 2.32. The molecular formula is C8H5BrClFO3. The maximum absolute atomic E-state index is 12.9. The van der Waals surface area contributed by atoms with E-state index >= 15 is 0 Å². The zero-order chi connectivity index (χ0) is 10.7. The highest BCUT2D eigenvalue weighted by atomic mass is 79.9. The van der Waals surface area contributed by atoms with Gasteiger partial charge < -0.3 is 9.84 Å². The third-order valence-electron chi connectivity index (χ3n) is 1.33. The number of ether oxygens (including phenoxy) is 1. The van der Waals surface area contributed by atoms with E-state index in [0.717, 1.165) is 6.07 Å². The molecule has 0 amide bonds. The molecule has 76 valence electrons. The molecule has 0 aliphatic carbocycles. The van der Waals surface area contributed by atoms with Crippen LogP contribution in [0.4, 0.5) is 4.39 Å². The lowest BCUT2D eigenvalue weighted by molar-refractivity contribution is -0.139. The molecule has 0 heterocycles. The van der Waals surface area contributed by atoms with Crippen molar-refractivity contribution >= 4 is 33.5 Å². The van der Waals surface area contributed by atoms with Gasteiger partial charge in [-0.25, -0.2) is 9.18 Å². The van der Waals surface area contributed by atoms with Crippen molar-refractivity contribution in [3.8, 4) is 5.75 Å². The molecular weight excluding hydrogens is 278 g/mol. The number of carboxylic acid groups (broad SMARTS) is 1. The molecule has 1 rings (SSSR count). The van der Waals surface area contributed by atoms with Crippen molar-refractivity contribution in [2.45, 2.75) is 0 Å². The topological polar surface area (TPSA) is 46.5 Å². The Kier molecular flexibility index (Phi) is 3.71. The fraction of sp³-hybridized carbons (Fsp3) is 0.125. The summed E-state index contributed by atoms with van der Waals surface area (Å²) in [4.78, 5) is 10.2. The molecule has 0 atom stereocenters. The van der Waals surface area contributed by atoms with Gasteiger partial charge in [0.25, 0.3) is 0 Å². The van der Waals surface area contributed by atoms with E-state index in [1.165, 1.54) is 6.07 Å². The molecule has 0 aromatic heterocycles. The van der Waals surface area contributed by atoms with Crippen LogP contribution in [0.2, 0.25) is 5.02 Å². The van der Waals surface area contributed by atoms with Crippen LogP contribution in [0.1, 0.15) is 0 Å². The van der Waals surface area contributed by atoms with Crippen molar-refractivity contribution in [1.82, 2.24) is 0 Å². The van der Waals surface area contributed by atoms with Crippen LogP contribution in [0.25, 0.3) is 0 Å². The highest BCUT2D eigenvalue weighted by molar-refractivity contribution is 9.10. The molecule has 3 nitrogen and oxygen atoms in total. The number of aliphatic carboxylic acids is 1. The van der Waals surface area contributed by atoms with Crippen LogP contribution in [0.5, 0.6) is 5.75 Å². The first kappa shape index (κ1) is 11.3. The average Bonchev–Trinajstić information content (AvgIpc) is 2.09. The maximum atomic E-state index is 12.9. The monoisotopic (exact) mass is 282 g/mol. The Balaban J connectivity index is 2.87. The van der Waals surface area contributed by atoms with Crippen LogP contribution in [0.15, 0.2) is 16.6 Å². The summed E-state index contributed by atoms with van der Waals surface area (Å²) in [6.45, 7) is -0.528. The van der Waals surface area contributed by atoms with E-state index in [0.29, 0.717) is 4.47 Å². The van der Waals surface area contributed by atoms with E-state index in [9.17, 15) is 9.18 Å². The van der Waals surface area contributed by atoms with Gasteiger partial charge in [0.1, 0.15) is 11.6 Å². The maximum Gasteiger partial charge on any atom is 0.341 e. The Labute approximate surface area is 92.6 Å². The Hall–Kier alpha value is -0.810. The van der Waals surface area contributed by atoms with Crippen LogP contribution in [0, 0.1) is 5.82 Å². The SMILES string of the molecule is O=C(O)COc1cc(F)c(Cl)cc1Br. The summed E-state index contributed by atoms with van der Waals surface area (Å²) in [5, 5.41) is 8.27. The summed E-state index contributed by atoms with van der Waals surface area (Å²) in [7, 11) is 0. The molecule has 0 saturated heterocycles. The molecule has 6 heteroatoms. The molecule has 0 aliphatic rings. The highest BCUT2D eigenvalue weighted by Crippen LogP contribution is 2.30. The van der Waals surface area contributed by atoms with Crippen LogP contribution >= 0.6 is 27.5 Å². The fourth-order valence-corrected chi connectivity index (χ4v) is 1.51. The largest absolute Gasteiger partial charge is 0.481 e. The van der Waals surface area contributed by atoms with E-state index in [-0.39, 0.29) is 10.8 Å². The standard InChI is InChI=1S/C8H5BrClFO3/c9-4-1-5(10)6(11)2-7(4)14-3-8(12)13/h1-2H,3H2,(H,12,13). The number of benzene rings is 1. The van der Waals surface area contributed by atoms with Crippen molar-refractivity contribution in [2.75, 3.05) is 6.61 Å². The van der Waals surface area contributed by atoms with Crippen molar-refractivity contribution in [1.29, 1.82) is 0 Å². The minimum Gasteiger partial charge on any atom is -0.481 e.